The molecule has 0 aromatic heterocycles. The molecule has 2 amide bonds. The number of likely N-dealkylation sites (tertiary alicyclic amines) is 1. The van der Waals surface area contributed by atoms with Crippen LogP contribution in [-0.2, 0) is 9.53 Å². The summed E-state index contributed by atoms with van der Waals surface area (Å²) < 4.78 is 5.30. The van der Waals surface area contributed by atoms with Crippen LogP contribution in [0.25, 0.3) is 0 Å². The molecule has 2 heterocycles. The number of likely N-dealkylation sites (N-methyl/N-ethyl adjacent to an activating group) is 1. The van der Waals surface area contributed by atoms with E-state index in [0.717, 1.165) is 6.42 Å². The number of hydrogen-bond donors (Lipinski definition) is 1. The molecule has 6 heteroatoms. The number of aliphatic carboxylic acids is 1. The van der Waals surface area contributed by atoms with Crippen LogP contribution in [0.2, 0.25) is 0 Å². The van der Waals surface area contributed by atoms with Crippen LogP contribution in [-0.4, -0.2) is 65.8 Å². The molecule has 0 aromatic rings. The van der Waals surface area contributed by atoms with Gasteiger partial charge in [0, 0.05) is 26.2 Å². The lowest BCUT2D eigenvalue weighted by molar-refractivity contribution is -0.143. The first-order valence-corrected chi connectivity index (χ1v) is 6.84. The molecule has 108 valence electrons. The fraction of sp³-hybridized carbons (Fsp3) is 0.846. The summed E-state index contributed by atoms with van der Waals surface area (Å²) in [4.78, 5) is 26.9. The van der Waals surface area contributed by atoms with Crippen molar-refractivity contribution in [1.29, 1.82) is 0 Å². The van der Waals surface area contributed by atoms with Crippen molar-refractivity contribution in [2.45, 2.75) is 38.3 Å². The average molecular weight is 270 g/mol. The van der Waals surface area contributed by atoms with E-state index in [4.69, 9.17) is 9.84 Å². The van der Waals surface area contributed by atoms with Gasteiger partial charge in [-0.05, 0) is 26.2 Å². The minimum Gasteiger partial charge on any atom is -0.481 e. The van der Waals surface area contributed by atoms with Crippen LogP contribution in [0.15, 0.2) is 0 Å². The zero-order chi connectivity index (χ0) is 14.0. The Kier molecular flexibility index (Phi) is 4.29. The Hall–Kier alpha value is -1.30. The lowest BCUT2D eigenvalue weighted by atomic mass is 9.92. The highest BCUT2D eigenvalue weighted by molar-refractivity contribution is 5.76. The molecule has 2 aliphatic heterocycles. The summed E-state index contributed by atoms with van der Waals surface area (Å²) in [7, 11) is 1.80. The zero-order valence-electron chi connectivity index (χ0n) is 11.5. The molecule has 19 heavy (non-hydrogen) atoms. The van der Waals surface area contributed by atoms with E-state index in [0.29, 0.717) is 32.6 Å². The Bertz CT molecular complexity index is 355. The van der Waals surface area contributed by atoms with Crippen molar-refractivity contribution in [1.82, 2.24) is 9.80 Å². The molecule has 0 aliphatic carbocycles. The quantitative estimate of drug-likeness (QED) is 0.813. The third kappa shape index (κ3) is 3.00. The highest BCUT2D eigenvalue weighted by Gasteiger charge is 2.35. The Morgan fingerprint density at radius 2 is 2.11 bits per heavy atom. The number of carbonyl (C=O) groups is 2. The fourth-order valence-corrected chi connectivity index (χ4v) is 2.87. The van der Waals surface area contributed by atoms with Gasteiger partial charge in [-0.2, -0.15) is 0 Å². The number of hydrogen-bond acceptors (Lipinski definition) is 3. The second kappa shape index (κ2) is 5.77. The van der Waals surface area contributed by atoms with Crippen molar-refractivity contribution < 1.29 is 19.4 Å². The van der Waals surface area contributed by atoms with Crippen molar-refractivity contribution in [2.75, 3.05) is 26.8 Å². The maximum atomic E-state index is 12.4. The maximum Gasteiger partial charge on any atom is 0.320 e. The standard InChI is InChI=1S/C13H22N2O4/c1-9-7-10(12(16)17)3-5-15(9)13(18)14(2)11-4-6-19-8-11/h9-11H,3-8H2,1-2H3,(H,16,17). The molecule has 2 aliphatic rings. The summed E-state index contributed by atoms with van der Waals surface area (Å²) in [5.74, 6) is -1.07. The van der Waals surface area contributed by atoms with Crippen LogP contribution in [0.4, 0.5) is 4.79 Å². The molecule has 2 fully saturated rings. The van der Waals surface area contributed by atoms with Crippen molar-refractivity contribution in [2.24, 2.45) is 5.92 Å². The second-order valence-corrected chi connectivity index (χ2v) is 5.51. The summed E-state index contributed by atoms with van der Waals surface area (Å²) in [5, 5.41) is 9.03. The molecule has 2 rings (SSSR count). The molecule has 3 atom stereocenters. The van der Waals surface area contributed by atoms with Crippen LogP contribution in [0.5, 0.6) is 0 Å². The number of rotatable bonds is 2. The molecule has 1 N–H and O–H groups in total. The monoisotopic (exact) mass is 270 g/mol. The molecule has 0 bridgehead atoms. The van der Waals surface area contributed by atoms with E-state index in [1.807, 2.05) is 6.92 Å². The van der Waals surface area contributed by atoms with Crippen LogP contribution >= 0.6 is 0 Å². The van der Waals surface area contributed by atoms with Gasteiger partial charge < -0.3 is 19.6 Å². The third-order valence-corrected chi connectivity index (χ3v) is 4.23. The van der Waals surface area contributed by atoms with E-state index in [9.17, 15) is 9.59 Å². The van der Waals surface area contributed by atoms with Gasteiger partial charge in [0.25, 0.3) is 0 Å². The third-order valence-electron chi connectivity index (χ3n) is 4.23. The zero-order valence-corrected chi connectivity index (χ0v) is 11.5. The van der Waals surface area contributed by atoms with Gasteiger partial charge in [0.15, 0.2) is 0 Å². The Balaban J connectivity index is 1.94. The molecule has 2 saturated heterocycles. The molecule has 0 saturated carbocycles. The molecule has 0 aromatic carbocycles. The highest BCUT2D eigenvalue weighted by Crippen LogP contribution is 2.25. The van der Waals surface area contributed by atoms with E-state index in [2.05, 4.69) is 0 Å². The molecule has 0 spiro atoms. The molecular formula is C13H22N2O4. The van der Waals surface area contributed by atoms with Gasteiger partial charge >= 0.3 is 12.0 Å². The van der Waals surface area contributed by atoms with E-state index in [1.165, 1.54) is 0 Å². The van der Waals surface area contributed by atoms with Gasteiger partial charge in [0.2, 0.25) is 0 Å². The normalized spacial score (nSPS) is 31.3. The summed E-state index contributed by atoms with van der Waals surface area (Å²) in [5.41, 5.74) is 0. The first-order chi connectivity index (χ1) is 9.00. The first kappa shape index (κ1) is 14.1. The first-order valence-electron chi connectivity index (χ1n) is 6.84. The highest BCUT2D eigenvalue weighted by atomic mass is 16.5. The summed E-state index contributed by atoms with van der Waals surface area (Å²) in [6, 6.07) is 0.121. The van der Waals surface area contributed by atoms with Gasteiger partial charge in [-0.15, -0.1) is 0 Å². The molecule has 0 radical (unpaired) electrons. The number of nitrogens with zero attached hydrogens (tertiary/aromatic N) is 2. The number of amides is 2. The summed E-state index contributed by atoms with van der Waals surface area (Å²) >= 11 is 0. The van der Waals surface area contributed by atoms with Crippen molar-refractivity contribution in [3.63, 3.8) is 0 Å². The fourth-order valence-electron chi connectivity index (χ4n) is 2.87. The molecule has 3 unspecified atom stereocenters. The lowest BCUT2D eigenvalue weighted by Gasteiger charge is -2.39. The summed E-state index contributed by atoms with van der Waals surface area (Å²) in [6.45, 7) is 3.75. The lowest BCUT2D eigenvalue weighted by Crippen LogP contribution is -2.53. The van der Waals surface area contributed by atoms with E-state index in [-0.39, 0.29) is 24.0 Å². The maximum absolute atomic E-state index is 12.4. The minimum atomic E-state index is -0.753. The predicted octanol–water partition coefficient (Wildman–Crippen LogP) is 1.01. The van der Waals surface area contributed by atoms with Crippen LogP contribution < -0.4 is 0 Å². The van der Waals surface area contributed by atoms with Crippen LogP contribution in [0, 0.1) is 5.92 Å². The number of carbonyl (C=O) groups excluding carboxylic acids is 1. The molecule has 6 nitrogen and oxygen atoms in total. The number of urea groups is 1. The largest absolute Gasteiger partial charge is 0.481 e. The Labute approximate surface area is 113 Å². The number of carboxylic acids is 1. The van der Waals surface area contributed by atoms with Gasteiger partial charge in [0.1, 0.15) is 0 Å². The number of ether oxygens (including phenoxy) is 1. The second-order valence-electron chi connectivity index (χ2n) is 5.51. The smallest absolute Gasteiger partial charge is 0.320 e. The molecular weight excluding hydrogens is 248 g/mol. The number of piperidine rings is 1. The van der Waals surface area contributed by atoms with Gasteiger partial charge in [-0.3, -0.25) is 4.79 Å². The van der Waals surface area contributed by atoms with E-state index >= 15 is 0 Å². The Morgan fingerprint density at radius 3 is 2.63 bits per heavy atom. The van der Waals surface area contributed by atoms with Gasteiger partial charge in [-0.25, -0.2) is 4.79 Å². The predicted molar refractivity (Wildman–Crippen MR) is 68.9 cm³/mol. The van der Waals surface area contributed by atoms with Crippen molar-refractivity contribution >= 4 is 12.0 Å². The minimum absolute atomic E-state index is 0.00756. The SMILES string of the molecule is CC1CC(C(=O)O)CCN1C(=O)N(C)C1CCOC1. The summed E-state index contributed by atoms with van der Waals surface area (Å²) in [6.07, 6.45) is 1.96. The van der Waals surface area contributed by atoms with Crippen molar-refractivity contribution in [3.05, 3.63) is 0 Å². The van der Waals surface area contributed by atoms with Crippen LogP contribution in [0.3, 0.4) is 0 Å². The van der Waals surface area contributed by atoms with E-state index in [1.54, 1.807) is 16.8 Å². The topological polar surface area (TPSA) is 70.1 Å². The van der Waals surface area contributed by atoms with E-state index < -0.39 is 5.97 Å². The van der Waals surface area contributed by atoms with Crippen LogP contribution in [0.1, 0.15) is 26.2 Å². The average Bonchev–Trinajstić information content (AvgIpc) is 2.90. The number of carboxylic acid groups (broad SMARTS) is 1. The Morgan fingerprint density at radius 1 is 1.37 bits per heavy atom. The van der Waals surface area contributed by atoms with Gasteiger partial charge in [0.05, 0.1) is 18.6 Å². The van der Waals surface area contributed by atoms with Gasteiger partial charge in [-0.1, -0.05) is 0 Å². The van der Waals surface area contributed by atoms with Crippen molar-refractivity contribution in [3.8, 4) is 0 Å².